The molecule has 0 saturated carbocycles. The third kappa shape index (κ3) is 2.10. The van der Waals surface area contributed by atoms with Crippen LogP contribution < -0.4 is 0 Å². The summed E-state index contributed by atoms with van der Waals surface area (Å²) in [7, 11) is 0. The number of carbonyl (C=O) groups is 1. The number of H-pyrrole nitrogens is 1. The zero-order valence-corrected chi connectivity index (χ0v) is 13.7. The number of aromatic amines is 1. The van der Waals surface area contributed by atoms with Crippen molar-refractivity contribution in [3.05, 3.63) is 52.0 Å². The van der Waals surface area contributed by atoms with Crippen LogP contribution in [0.5, 0.6) is 0 Å². The van der Waals surface area contributed by atoms with Gasteiger partial charge in [-0.05, 0) is 43.3 Å². The van der Waals surface area contributed by atoms with Gasteiger partial charge >= 0.3 is 5.97 Å². The highest BCUT2D eigenvalue weighted by Gasteiger charge is 2.22. The predicted molar refractivity (Wildman–Crippen MR) is 92.7 cm³/mol. The number of hydrogen-bond acceptors (Lipinski definition) is 2. The molecule has 4 aromatic rings. The SMILES string of the molecule is CCOC(=O)c1c2cc(Cl)ccc2n2c1[nH]c1ccc(Cl)cc12. The molecule has 2 aromatic carbocycles. The highest BCUT2D eigenvalue weighted by atomic mass is 35.5. The number of halogens is 2. The molecule has 2 aromatic heterocycles. The molecule has 1 N–H and O–H groups in total. The standard InChI is InChI=1S/C17H12Cl2N2O2/c1-2-23-17(22)15-11-7-9(18)4-6-13(11)21-14-8-10(19)3-5-12(14)20-16(15)21/h3-8,20H,2H2,1H3. The molecule has 0 bridgehead atoms. The number of hydrogen-bond donors (Lipinski definition) is 1. The van der Waals surface area contributed by atoms with E-state index in [1.54, 1.807) is 19.1 Å². The number of aromatic nitrogens is 2. The average Bonchev–Trinajstić information content (AvgIpc) is 3.01. The van der Waals surface area contributed by atoms with Crippen molar-refractivity contribution in [3.8, 4) is 0 Å². The molecule has 2 heterocycles. The Kier molecular flexibility index (Phi) is 3.25. The maximum absolute atomic E-state index is 12.5. The monoisotopic (exact) mass is 346 g/mol. The molecule has 0 amide bonds. The molecule has 23 heavy (non-hydrogen) atoms. The molecule has 6 heteroatoms. The van der Waals surface area contributed by atoms with Gasteiger partial charge in [0, 0.05) is 15.4 Å². The highest BCUT2D eigenvalue weighted by Crippen LogP contribution is 2.33. The Balaban J connectivity index is 2.21. The Morgan fingerprint density at radius 2 is 1.87 bits per heavy atom. The van der Waals surface area contributed by atoms with Crippen molar-refractivity contribution in [2.24, 2.45) is 0 Å². The van der Waals surface area contributed by atoms with Crippen molar-refractivity contribution in [3.63, 3.8) is 0 Å². The second kappa shape index (κ2) is 5.18. The largest absolute Gasteiger partial charge is 0.462 e. The van der Waals surface area contributed by atoms with Crippen LogP contribution in [0, 0.1) is 0 Å². The minimum Gasteiger partial charge on any atom is -0.462 e. The lowest BCUT2D eigenvalue weighted by atomic mass is 10.1. The molecule has 0 spiro atoms. The van der Waals surface area contributed by atoms with E-state index in [1.807, 2.05) is 28.7 Å². The van der Waals surface area contributed by atoms with Crippen molar-refractivity contribution in [1.82, 2.24) is 9.38 Å². The lowest BCUT2D eigenvalue weighted by Crippen LogP contribution is -2.04. The summed E-state index contributed by atoms with van der Waals surface area (Å²) in [4.78, 5) is 15.7. The molecule has 0 aliphatic rings. The molecular formula is C17H12Cl2N2O2. The fourth-order valence-electron chi connectivity index (χ4n) is 2.96. The van der Waals surface area contributed by atoms with Gasteiger partial charge in [-0.15, -0.1) is 0 Å². The van der Waals surface area contributed by atoms with Gasteiger partial charge in [0.15, 0.2) is 0 Å². The number of esters is 1. The van der Waals surface area contributed by atoms with Gasteiger partial charge in [-0.1, -0.05) is 23.2 Å². The van der Waals surface area contributed by atoms with Crippen LogP contribution in [0.2, 0.25) is 10.0 Å². The van der Waals surface area contributed by atoms with E-state index < -0.39 is 0 Å². The predicted octanol–water partition coefficient (Wildman–Crippen LogP) is 5.06. The molecule has 0 atom stereocenters. The summed E-state index contributed by atoms with van der Waals surface area (Å²) in [6.07, 6.45) is 0. The van der Waals surface area contributed by atoms with E-state index >= 15 is 0 Å². The molecule has 0 unspecified atom stereocenters. The summed E-state index contributed by atoms with van der Waals surface area (Å²) >= 11 is 12.2. The van der Waals surface area contributed by atoms with Gasteiger partial charge in [-0.2, -0.15) is 0 Å². The normalized spacial score (nSPS) is 11.6. The van der Waals surface area contributed by atoms with Crippen LogP contribution in [0.1, 0.15) is 17.3 Å². The van der Waals surface area contributed by atoms with Crippen molar-refractivity contribution >= 4 is 56.8 Å². The van der Waals surface area contributed by atoms with Crippen LogP contribution in [0.3, 0.4) is 0 Å². The molecule has 0 aliphatic heterocycles. The van der Waals surface area contributed by atoms with Gasteiger partial charge in [0.2, 0.25) is 0 Å². The van der Waals surface area contributed by atoms with E-state index in [4.69, 9.17) is 27.9 Å². The summed E-state index contributed by atoms with van der Waals surface area (Å²) in [5, 5.41) is 1.95. The first kappa shape index (κ1) is 14.4. The van der Waals surface area contributed by atoms with Gasteiger partial charge in [0.1, 0.15) is 11.2 Å². The summed E-state index contributed by atoms with van der Waals surface area (Å²) in [6.45, 7) is 2.09. The third-order valence-electron chi connectivity index (χ3n) is 3.86. The van der Waals surface area contributed by atoms with Crippen LogP contribution in [-0.2, 0) is 4.74 Å². The molecule has 0 saturated heterocycles. The lowest BCUT2D eigenvalue weighted by molar-refractivity contribution is 0.0530. The van der Waals surface area contributed by atoms with E-state index in [2.05, 4.69) is 4.98 Å². The Labute approximate surface area is 141 Å². The second-order valence-corrected chi connectivity index (χ2v) is 6.10. The van der Waals surface area contributed by atoms with Crippen LogP contribution in [0.4, 0.5) is 0 Å². The van der Waals surface area contributed by atoms with Gasteiger partial charge in [0.05, 0.1) is 23.2 Å². The molecule has 4 nitrogen and oxygen atoms in total. The van der Waals surface area contributed by atoms with E-state index in [0.29, 0.717) is 27.9 Å². The Bertz CT molecular complexity index is 1080. The summed E-state index contributed by atoms with van der Waals surface area (Å²) in [6, 6.07) is 11.0. The quantitative estimate of drug-likeness (QED) is 0.516. The fourth-order valence-corrected chi connectivity index (χ4v) is 3.30. The maximum atomic E-state index is 12.5. The molecule has 0 fully saturated rings. The summed E-state index contributed by atoms with van der Waals surface area (Å²) in [5.41, 5.74) is 3.83. The van der Waals surface area contributed by atoms with Crippen LogP contribution >= 0.6 is 23.2 Å². The molecule has 4 rings (SSSR count). The lowest BCUT2D eigenvalue weighted by Gasteiger charge is -2.00. The summed E-state index contributed by atoms with van der Waals surface area (Å²) < 4.78 is 7.19. The number of carbonyl (C=O) groups excluding carboxylic acids is 1. The number of imidazole rings is 1. The molecule has 116 valence electrons. The summed E-state index contributed by atoms with van der Waals surface area (Å²) in [5.74, 6) is -0.375. The average molecular weight is 347 g/mol. The van der Waals surface area contributed by atoms with Gasteiger partial charge in [-0.25, -0.2) is 4.79 Å². The number of rotatable bonds is 2. The minimum absolute atomic E-state index is 0.310. The van der Waals surface area contributed by atoms with Crippen molar-refractivity contribution in [2.75, 3.05) is 6.61 Å². The van der Waals surface area contributed by atoms with Crippen LogP contribution in [-0.4, -0.2) is 22.0 Å². The van der Waals surface area contributed by atoms with Gasteiger partial charge in [-0.3, -0.25) is 4.40 Å². The van der Waals surface area contributed by atoms with Gasteiger partial charge < -0.3 is 9.72 Å². The Morgan fingerprint density at radius 3 is 2.65 bits per heavy atom. The fraction of sp³-hybridized carbons (Fsp3) is 0.118. The van der Waals surface area contributed by atoms with E-state index in [1.165, 1.54) is 0 Å². The number of ether oxygens (including phenoxy) is 1. The van der Waals surface area contributed by atoms with Crippen LogP contribution in [0.15, 0.2) is 36.4 Å². The first-order valence-electron chi connectivity index (χ1n) is 7.18. The van der Waals surface area contributed by atoms with Crippen molar-refractivity contribution < 1.29 is 9.53 Å². The topological polar surface area (TPSA) is 46.5 Å². The molecule has 0 radical (unpaired) electrons. The van der Waals surface area contributed by atoms with Gasteiger partial charge in [0.25, 0.3) is 0 Å². The van der Waals surface area contributed by atoms with Crippen molar-refractivity contribution in [2.45, 2.75) is 6.92 Å². The van der Waals surface area contributed by atoms with E-state index in [-0.39, 0.29) is 5.97 Å². The minimum atomic E-state index is -0.375. The number of nitrogens with zero attached hydrogens (tertiary/aromatic N) is 1. The van der Waals surface area contributed by atoms with E-state index in [9.17, 15) is 4.79 Å². The number of benzene rings is 2. The Morgan fingerprint density at radius 1 is 1.13 bits per heavy atom. The smallest absolute Gasteiger partial charge is 0.342 e. The Hall–Kier alpha value is -2.17. The van der Waals surface area contributed by atoms with E-state index in [0.717, 1.165) is 21.9 Å². The third-order valence-corrected chi connectivity index (χ3v) is 4.33. The maximum Gasteiger partial charge on any atom is 0.342 e. The number of nitrogens with one attached hydrogen (secondary N) is 1. The van der Waals surface area contributed by atoms with Crippen molar-refractivity contribution in [1.29, 1.82) is 0 Å². The van der Waals surface area contributed by atoms with Crippen LogP contribution in [0.25, 0.3) is 27.6 Å². The highest BCUT2D eigenvalue weighted by molar-refractivity contribution is 6.32. The second-order valence-electron chi connectivity index (χ2n) is 5.23. The zero-order chi connectivity index (χ0) is 16.1. The number of fused-ring (bicyclic) bond motifs is 5. The first-order chi connectivity index (χ1) is 11.1. The molecule has 0 aliphatic carbocycles. The zero-order valence-electron chi connectivity index (χ0n) is 12.2. The molecular weight excluding hydrogens is 335 g/mol. The first-order valence-corrected chi connectivity index (χ1v) is 7.93.